The maximum atomic E-state index is 12.7. The van der Waals surface area contributed by atoms with E-state index in [-0.39, 0.29) is 18.6 Å². The molecule has 2 fully saturated rings. The molecule has 2 heterocycles. The third-order valence-corrected chi connectivity index (χ3v) is 4.39. The van der Waals surface area contributed by atoms with Gasteiger partial charge in [-0.3, -0.25) is 9.59 Å². The number of carboxylic acid groups (broad SMARTS) is 1. The first-order valence-electron chi connectivity index (χ1n) is 8.00. The minimum absolute atomic E-state index is 0.0846. The molecule has 1 aromatic carbocycles. The monoisotopic (exact) mass is 319 g/mol. The zero-order valence-corrected chi connectivity index (χ0v) is 12.9. The Kier molecular flexibility index (Phi) is 4.81. The summed E-state index contributed by atoms with van der Waals surface area (Å²) in [6.45, 7) is 1.92. The van der Waals surface area contributed by atoms with E-state index in [1.54, 1.807) is 23.1 Å². The Morgan fingerprint density at radius 1 is 1.30 bits per heavy atom. The SMILES string of the molecule is O=C(O)C1CCN(C(=O)c2ccccc2OCC2CCCO2)C1. The molecule has 1 N–H and O–H groups in total. The number of carboxylic acids is 1. The molecular weight excluding hydrogens is 298 g/mol. The van der Waals surface area contributed by atoms with Crippen molar-refractivity contribution in [1.82, 2.24) is 4.90 Å². The van der Waals surface area contributed by atoms with Crippen LogP contribution in [0.5, 0.6) is 5.75 Å². The predicted octanol–water partition coefficient (Wildman–Crippen LogP) is 1.79. The fraction of sp³-hybridized carbons (Fsp3) is 0.529. The first-order chi connectivity index (χ1) is 11.1. The van der Waals surface area contributed by atoms with E-state index in [0.29, 0.717) is 30.9 Å². The van der Waals surface area contributed by atoms with Crippen LogP contribution < -0.4 is 4.74 Å². The van der Waals surface area contributed by atoms with Crippen molar-refractivity contribution in [2.24, 2.45) is 5.92 Å². The molecule has 0 spiro atoms. The van der Waals surface area contributed by atoms with Gasteiger partial charge in [0.2, 0.25) is 0 Å². The number of para-hydroxylation sites is 1. The summed E-state index contributed by atoms with van der Waals surface area (Å²) >= 11 is 0. The molecule has 3 rings (SSSR count). The highest BCUT2D eigenvalue weighted by molar-refractivity contribution is 5.97. The number of likely N-dealkylation sites (tertiary alicyclic amines) is 1. The topological polar surface area (TPSA) is 76.1 Å². The molecule has 2 saturated heterocycles. The number of ether oxygens (including phenoxy) is 2. The number of hydrogen-bond acceptors (Lipinski definition) is 4. The number of carbonyl (C=O) groups is 2. The Morgan fingerprint density at radius 2 is 2.13 bits per heavy atom. The molecule has 23 heavy (non-hydrogen) atoms. The van der Waals surface area contributed by atoms with Gasteiger partial charge in [-0.1, -0.05) is 12.1 Å². The molecule has 2 aliphatic heterocycles. The maximum Gasteiger partial charge on any atom is 0.308 e. The van der Waals surface area contributed by atoms with E-state index in [9.17, 15) is 9.59 Å². The van der Waals surface area contributed by atoms with E-state index in [1.807, 2.05) is 6.07 Å². The molecular formula is C17H21NO5. The molecule has 0 aliphatic carbocycles. The van der Waals surface area contributed by atoms with Crippen LogP contribution in [0.4, 0.5) is 0 Å². The van der Waals surface area contributed by atoms with Crippen LogP contribution in [-0.2, 0) is 9.53 Å². The van der Waals surface area contributed by atoms with Gasteiger partial charge in [-0.05, 0) is 31.4 Å². The van der Waals surface area contributed by atoms with Crippen LogP contribution >= 0.6 is 0 Å². The summed E-state index contributed by atoms with van der Waals surface area (Å²) in [5, 5.41) is 9.07. The van der Waals surface area contributed by atoms with Crippen LogP contribution in [0.2, 0.25) is 0 Å². The number of benzene rings is 1. The minimum Gasteiger partial charge on any atom is -0.490 e. The fourth-order valence-corrected chi connectivity index (χ4v) is 3.04. The van der Waals surface area contributed by atoms with Crippen LogP contribution in [0, 0.1) is 5.92 Å². The molecule has 0 radical (unpaired) electrons. The number of amides is 1. The molecule has 124 valence electrons. The maximum absolute atomic E-state index is 12.7. The summed E-state index contributed by atoms with van der Waals surface area (Å²) in [5.74, 6) is -0.953. The van der Waals surface area contributed by atoms with Crippen LogP contribution in [0.1, 0.15) is 29.6 Å². The highest BCUT2D eigenvalue weighted by atomic mass is 16.5. The van der Waals surface area contributed by atoms with Gasteiger partial charge < -0.3 is 19.5 Å². The van der Waals surface area contributed by atoms with Gasteiger partial charge in [0.1, 0.15) is 12.4 Å². The van der Waals surface area contributed by atoms with Gasteiger partial charge in [-0.2, -0.15) is 0 Å². The lowest BCUT2D eigenvalue weighted by Gasteiger charge is -2.19. The molecule has 1 aromatic rings. The molecule has 0 aromatic heterocycles. The quantitative estimate of drug-likeness (QED) is 0.895. The van der Waals surface area contributed by atoms with Crippen molar-refractivity contribution < 1.29 is 24.2 Å². The van der Waals surface area contributed by atoms with Crippen molar-refractivity contribution in [3.63, 3.8) is 0 Å². The van der Waals surface area contributed by atoms with Gasteiger partial charge in [0.15, 0.2) is 0 Å². The lowest BCUT2D eigenvalue weighted by atomic mass is 10.1. The van der Waals surface area contributed by atoms with Crippen LogP contribution in [-0.4, -0.2) is 54.3 Å². The van der Waals surface area contributed by atoms with Crippen molar-refractivity contribution in [1.29, 1.82) is 0 Å². The van der Waals surface area contributed by atoms with E-state index in [1.165, 1.54) is 0 Å². The van der Waals surface area contributed by atoms with Crippen LogP contribution in [0.15, 0.2) is 24.3 Å². The predicted molar refractivity (Wildman–Crippen MR) is 82.6 cm³/mol. The lowest BCUT2D eigenvalue weighted by molar-refractivity contribution is -0.141. The van der Waals surface area contributed by atoms with Gasteiger partial charge in [0.05, 0.1) is 17.6 Å². The number of nitrogens with zero attached hydrogens (tertiary/aromatic N) is 1. The van der Waals surface area contributed by atoms with Gasteiger partial charge in [-0.15, -0.1) is 0 Å². The summed E-state index contributed by atoms with van der Waals surface area (Å²) in [6.07, 6.45) is 2.60. The summed E-state index contributed by atoms with van der Waals surface area (Å²) in [6, 6.07) is 7.11. The second kappa shape index (κ2) is 7.00. The Balaban J connectivity index is 1.67. The number of rotatable bonds is 5. The van der Waals surface area contributed by atoms with Gasteiger partial charge in [-0.25, -0.2) is 0 Å². The van der Waals surface area contributed by atoms with Crippen molar-refractivity contribution >= 4 is 11.9 Å². The van der Waals surface area contributed by atoms with E-state index in [0.717, 1.165) is 19.4 Å². The first-order valence-corrected chi connectivity index (χ1v) is 8.00. The lowest BCUT2D eigenvalue weighted by Crippen LogP contribution is -2.30. The van der Waals surface area contributed by atoms with Crippen molar-refractivity contribution in [2.75, 3.05) is 26.3 Å². The zero-order chi connectivity index (χ0) is 16.2. The Morgan fingerprint density at radius 3 is 2.83 bits per heavy atom. The van der Waals surface area contributed by atoms with Gasteiger partial charge in [0, 0.05) is 19.7 Å². The van der Waals surface area contributed by atoms with Crippen molar-refractivity contribution in [3.8, 4) is 5.75 Å². The van der Waals surface area contributed by atoms with E-state index in [2.05, 4.69) is 0 Å². The molecule has 1 amide bonds. The van der Waals surface area contributed by atoms with E-state index < -0.39 is 11.9 Å². The summed E-state index contributed by atoms with van der Waals surface area (Å²) in [4.78, 5) is 25.3. The van der Waals surface area contributed by atoms with Crippen molar-refractivity contribution in [3.05, 3.63) is 29.8 Å². The number of aliphatic carboxylic acids is 1. The molecule has 6 nitrogen and oxygen atoms in total. The second-order valence-electron chi connectivity index (χ2n) is 6.02. The molecule has 0 saturated carbocycles. The summed E-state index contributed by atoms with van der Waals surface area (Å²) < 4.78 is 11.3. The Bertz CT molecular complexity index is 582. The molecule has 2 atom stereocenters. The second-order valence-corrected chi connectivity index (χ2v) is 6.02. The highest BCUT2D eigenvalue weighted by Gasteiger charge is 2.32. The molecule has 2 unspecified atom stereocenters. The van der Waals surface area contributed by atoms with Gasteiger partial charge >= 0.3 is 5.97 Å². The third kappa shape index (κ3) is 3.64. The molecule has 6 heteroatoms. The Labute approximate surface area is 135 Å². The normalized spacial score (nSPS) is 23.9. The van der Waals surface area contributed by atoms with Gasteiger partial charge in [0.25, 0.3) is 5.91 Å². The smallest absolute Gasteiger partial charge is 0.308 e. The Hall–Kier alpha value is -2.08. The minimum atomic E-state index is -0.844. The molecule has 0 bridgehead atoms. The van der Waals surface area contributed by atoms with E-state index >= 15 is 0 Å². The van der Waals surface area contributed by atoms with E-state index in [4.69, 9.17) is 14.6 Å². The summed E-state index contributed by atoms with van der Waals surface area (Å²) in [7, 11) is 0. The largest absolute Gasteiger partial charge is 0.490 e. The van der Waals surface area contributed by atoms with Crippen LogP contribution in [0.25, 0.3) is 0 Å². The first kappa shape index (κ1) is 15.8. The number of hydrogen-bond donors (Lipinski definition) is 1. The average Bonchev–Trinajstić information content (AvgIpc) is 3.24. The van der Waals surface area contributed by atoms with Crippen LogP contribution in [0.3, 0.4) is 0 Å². The fourth-order valence-electron chi connectivity index (χ4n) is 3.04. The third-order valence-electron chi connectivity index (χ3n) is 4.39. The average molecular weight is 319 g/mol. The summed E-state index contributed by atoms with van der Waals surface area (Å²) in [5.41, 5.74) is 0.483. The zero-order valence-electron chi connectivity index (χ0n) is 12.9. The number of carbonyl (C=O) groups excluding carboxylic acids is 1. The standard InChI is InChI=1S/C17H21NO5/c19-16(18-8-7-12(10-18)17(20)21)14-5-1-2-6-15(14)23-11-13-4-3-9-22-13/h1-2,5-6,12-13H,3-4,7-11H2,(H,20,21). The highest BCUT2D eigenvalue weighted by Crippen LogP contribution is 2.25. The van der Waals surface area contributed by atoms with Crippen molar-refractivity contribution in [2.45, 2.75) is 25.4 Å². The molecule has 2 aliphatic rings.